The van der Waals surface area contributed by atoms with Crippen LogP contribution in [0.15, 0.2) is 42.5 Å². The topological polar surface area (TPSA) is 127 Å². The normalized spacial score (nSPS) is 19.6. The van der Waals surface area contributed by atoms with E-state index in [1.807, 2.05) is 0 Å². The van der Waals surface area contributed by atoms with Crippen LogP contribution in [0.4, 0.5) is 16.2 Å². The molecule has 2 aromatic rings. The second kappa shape index (κ2) is 10.2. The molecule has 0 spiro atoms. The molecule has 2 aliphatic rings. The minimum absolute atomic E-state index is 0.162. The zero-order valence-corrected chi connectivity index (χ0v) is 20.3. The Balaban J connectivity index is 1.50. The van der Waals surface area contributed by atoms with Gasteiger partial charge in [-0.3, -0.25) is 14.5 Å². The minimum atomic E-state index is -1.33. The quantitative estimate of drug-likeness (QED) is 0.438. The van der Waals surface area contributed by atoms with Crippen molar-refractivity contribution in [1.82, 2.24) is 10.2 Å². The number of nitrogens with one attached hydrogen (secondary N) is 2. The van der Waals surface area contributed by atoms with Gasteiger partial charge in [-0.2, -0.15) is 0 Å². The van der Waals surface area contributed by atoms with Crippen molar-refractivity contribution in [2.75, 3.05) is 57.3 Å². The van der Waals surface area contributed by atoms with Gasteiger partial charge >= 0.3 is 12.0 Å². The summed E-state index contributed by atoms with van der Waals surface area (Å²) in [5, 5.41) is 5.30. The summed E-state index contributed by atoms with van der Waals surface area (Å²) in [6.45, 7) is 3.55. The zero-order valence-electron chi connectivity index (χ0n) is 20.3. The average Bonchev–Trinajstić information content (AvgIpc) is 3.12. The van der Waals surface area contributed by atoms with Crippen molar-refractivity contribution >= 4 is 35.2 Å². The van der Waals surface area contributed by atoms with Crippen LogP contribution in [0.5, 0.6) is 5.75 Å². The highest BCUT2D eigenvalue weighted by molar-refractivity contribution is 6.11. The number of carbonyl (C=O) groups excluding carboxylic acids is 4. The lowest BCUT2D eigenvalue weighted by Crippen LogP contribution is -2.42. The summed E-state index contributed by atoms with van der Waals surface area (Å²) < 4.78 is 15.4. The van der Waals surface area contributed by atoms with Gasteiger partial charge in [-0.05, 0) is 42.8 Å². The Bertz CT molecular complexity index is 1180. The summed E-state index contributed by atoms with van der Waals surface area (Å²) >= 11 is 0. The van der Waals surface area contributed by atoms with Crippen LogP contribution in [0.1, 0.15) is 22.8 Å². The van der Waals surface area contributed by atoms with Gasteiger partial charge in [0.05, 0.1) is 38.7 Å². The molecule has 4 amide bonds. The third kappa shape index (κ3) is 4.82. The van der Waals surface area contributed by atoms with Crippen molar-refractivity contribution in [3.63, 3.8) is 0 Å². The summed E-state index contributed by atoms with van der Waals surface area (Å²) in [4.78, 5) is 54.0. The molecule has 2 aromatic carbocycles. The monoisotopic (exact) mass is 496 g/mol. The van der Waals surface area contributed by atoms with E-state index < -0.39 is 35.9 Å². The number of ether oxygens (including phenoxy) is 3. The third-order valence-electron chi connectivity index (χ3n) is 6.30. The van der Waals surface area contributed by atoms with E-state index in [9.17, 15) is 19.2 Å². The van der Waals surface area contributed by atoms with Crippen LogP contribution in [0.3, 0.4) is 0 Å². The molecule has 0 radical (unpaired) electrons. The largest absolute Gasteiger partial charge is 0.497 e. The average molecular weight is 497 g/mol. The second-order valence-corrected chi connectivity index (χ2v) is 8.54. The Morgan fingerprint density at radius 1 is 1.08 bits per heavy atom. The summed E-state index contributed by atoms with van der Waals surface area (Å²) in [5.74, 6) is -1.22. The van der Waals surface area contributed by atoms with Crippen LogP contribution >= 0.6 is 0 Å². The molecule has 11 heteroatoms. The standard InChI is InChI=1S/C25H28N4O7/c1-25(16-4-7-18(34-2)8-5-16)23(32)29(24(33)27-25)15-21(30)26-20-9-6-17(14-19(20)22(31)35-3)28-10-12-36-13-11-28/h4-9,14H,10-13,15H2,1-3H3,(H,26,30)(H,27,33). The van der Waals surface area contributed by atoms with Crippen molar-refractivity contribution in [2.45, 2.75) is 12.5 Å². The number of methoxy groups -OCH3 is 2. The highest BCUT2D eigenvalue weighted by atomic mass is 16.5. The lowest BCUT2D eigenvalue weighted by Gasteiger charge is -2.29. The smallest absolute Gasteiger partial charge is 0.340 e. The SMILES string of the molecule is COC(=O)c1cc(N2CCOCC2)ccc1NC(=O)CN1C(=O)NC(C)(c2ccc(OC)cc2)C1=O. The Morgan fingerprint density at radius 2 is 1.78 bits per heavy atom. The van der Waals surface area contributed by atoms with E-state index in [-0.39, 0.29) is 11.3 Å². The maximum absolute atomic E-state index is 13.2. The van der Waals surface area contributed by atoms with Crippen molar-refractivity contribution in [3.05, 3.63) is 53.6 Å². The first-order valence-electron chi connectivity index (χ1n) is 11.4. The van der Waals surface area contributed by atoms with E-state index in [1.54, 1.807) is 49.4 Å². The van der Waals surface area contributed by atoms with E-state index >= 15 is 0 Å². The fraction of sp³-hybridized carbons (Fsp3) is 0.360. The Morgan fingerprint density at radius 3 is 2.42 bits per heavy atom. The number of carbonyl (C=O) groups is 4. The van der Waals surface area contributed by atoms with Gasteiger partial charge in [-0.25, -0.2) is 9.59 Å². The number of amides is 4. The molecular weight excluding hydrogens is 468 g/mol. The molecule has 0 aliphatic carbocycles. The zero-order chi connectivity index (χ0) is 25.9. The predicted octanol–water partition coefficient (Wildman–Crippen LogP) is 1.72. The van der Waals surface area contributed by atoms with E-state index in [0.717, 1.165) is 10.6 Å². The van der Waals surface area contributed by atoms with E-state index in [1.165, 1.54) is 14.2 Å². The molecule has 0 saturated carbocycles. The highest BCUT2D eigenvalue weighted by Crippen LogP contribution is 2.30. The molecule has 4 rings (SSSR count). The van der Waals surface area contributed by atoms with Crippen molar-refractivity contribution in [1.29, 1.82) is 0 Å². The second-order valence-electron chi connectivity index (χ2n) is 8.54. The number of benzene rings is 2. The minimum Gasteiger partial charge on any atom is -0.497 e. The number of rotatable bonds is 7. The fourth-order valence-electron chi connectivity index (χ4n) is 4.23. The van der Waals surface area contributed by atoms with Crippen LogP contribution in [0.25, 0.3) is 0 Å². The number of hydrogen-bond donors (Lipinski definition) is 2. The molecule has 36 heavy (non-hydrogen) atoms. The van der Waals surface area contributed by atoms with Gasteiger partial charge in [0.2, 0.25) is 5.91 Å². The number of imide groups is 1. The number of urea groups is 1. The summed E-state index contributed by atoms with van der Waals surface area (Å²) in [5.41, 5.74) is 0.391. The first kappa shape index (κ1) is 25.0. The van der Waals surface area contributed by atoms with Crippen LogP contribution in [-0.2, 0) is 24.6 Å². The van der Waals surface area contributed by atoms with E-state index in [4.69, 9.17) is 14.2 Å². The van der Waals surface area contributed by atoms with Gasteiger partial charge in [0.15, 0.2) is 0 Å². The molecule has 11 nitrogen and oxygen atoms in total. The van der Waals surface area contributed by atoms with E-state index in [0.29, 0.717) is 37.6 Å². The number of morpholine rings is 1. The number of hydrogen-bond acceptors (Lipinski definition) is 8. The molecule has 190 valence electrons. The van der Waals surface area contributed by atoms with Crippen molar-refractivity contribution < 1.29 is 33.4 Å². The van der Waals surface area contributed by atoms with Crippen LogP contribution in [-0.4, -0.2) is 75.8 Å². The molecular formula is C25H28N4O7. The molecule has 0 aromatic heterocycles. The highest BCUT2D eigenvalue weighted by Gasteiger charge is 2.49. The lowest BCUT2D eigenvalue weighted by molar-refractivity contribution is -0.133. The molecule has 1 atom stereocenters. The van der Waals surface area contributed by atoms with Crippen LogP contribution < -0.4 is 20.3 Å². The maximum atomic E-state index is 13.2. The van der Waals surface area contributed by atoms with Gasteiger partial charge in [0.1, 0.15) is 17.8 Å². The molecule has 2 N–H and O–H groups in total. The van der Waals surface area contributed by atoms with Gasteiger partial charge in [0.25, 0.3) is 5.91 Å². The molecule has 2 fully saturated rings. The molecule has 2 aliphatic heterocycles. The molecule has 2 heterocycles. The Kier molecular flexibility index (Phi) is 7.11. The maximum Gasteiger partial charge on any atom is 0.340 e. The molecule has 2 saturated heterocycles. The fourth-order valence-corrected chi connectivity index (χ4v) is 4.23. The Hall–Kier alpha value is -4.12. The van der Waals surface area contributed by atoms with Gasteiger partial charge in [-0.1, -0.05) is 12.1 Å². The van der Waals surface area contributed by atoms with Crippen LogP contribution in [0, 0.1) is 0 Å². The number of nitrogens with zero attached hydrogens (tertiary/aromatic N) is 2. The van der Waals surface area contributed by atoms with Gasteiger partial charge in [-0.15, -0.1) is 0 Å². The summed E-state index contributed by atoms with van der Waals surface area (Å²) in [6.07, 6.45) is 0. The third-order valence-corrected chi connectivity index (χ3v) is 6.30. The predicted molar refractivity (Wildman–Crippen MR) is 130 cm³/mol. The van der Waals surface area contributed by atoms with Gasteiger partial charge < -0.3 is 29.7 Å². The number of esters is 1. The lowest BCUT2D eigenvalue weighted by atomic mass is 9.92. The Labute approximate surface area is 208 Å². The summed E-state index contributed by atoms with van der Waals surface area (Å²) in [7, 11) is 2.78. The molecule has 1 unspecified atom stereocenters. The first-order chi connectivity index (χ1) is 17.3. The first-order valence-corrected chi connectivity index (χ1v) is 11.4. The van der Waals surface area contributed by atoms with Crippen molar-refractivity contribution in [2.24, 2.45) is 0 Å². The molecule has 0 bridgehead atoms. The van der Waals surface area contributed by atoms with E-state index in [2.05, 4.69) is 15.5 Å². The number of anilines is 2. The van der Waals surface area contributed by atoms with Gasteiger partial charge in [0, 0.05) is 18.8 Å². The van der Waals surface area contributed by atoms with Crippen molar-refractivity contribution in [3.8, 4) is 5.75 Å². The summed E-state index contributed by atoms with van der Waals surface area (Å²) in [6, 6.07) is 11.1. The van der Waals surface area contributed by atoms with Crippen LogP contribution in [0.2, 0.25) is 0 Å².